The quantitative estimate of drug-likeness (QED) is 0.0610. The normalized spacial score (nSPS) is 16.3. The fraction of sp³-hybridized carbons (Fsp3) is 0.500. The predicted octanol–water partition coefficient (Wildman–Crippen LogP) is 1.71. The number of H-pyrrole nitrogens is 1. The van der Waals surface area contributed by atoms with Gasteiger partial charge in [0.15, 0.2) is 0 Å². The van der Waals surface area contributed by atoms with Crippen molar-refractivity contribution >= 4 is 35.5 Å². The summed E-state index contributed by atoms with van der Waals surface area (Å²) < 4.78 is 0. The summed E-state index contributed by atoms with van der Waals surface area (Å²) >= 11 is 0. The number of benzene rings is 2. The molecular formula is C42H59N9O7. The van der Waals surface area contributed by atoms with Crippen LogP contribution in [0.1, 0.15) is 82.0 Å². The Bertz CT molecular complexity index is 1760. The number of hydrogen-bond donors (Lipinski definition) is 8. The first kappa shape index (κ1) is 45.1. The van der Waals surface area contributed by atoms with Gasteiger partial charge in [-0.05, 0) is 36.8 Å². The van der Waals surface area contributed by atoms with Gasteiger partial charge in [-0.25, -0.2) is 9.78 Å². The van der Waals surface area contributed by atoms with Crippen LogP contribution < -0.4 is 32.3 Å². The summed E-state index contributed by atoms with van der Waals surface area (Å²) in [6.45, 7) is 4.11. The van der Waals surface area contributed by atoms with Gasteiger partial charge in [-0.15, -0.1) is 0 Å². The van der Waals surface area contributed by atoms with E-state index in [9.17, 15) is 33.9 Å². The topological polar surface area (TPSA) is 241 Å². The van der Waals surface area contributed by atoms with Crippen molar-refractivity contribution in [2.75, 3.05) is 13.2 Å². The molecule has 0 saturated carbocycles. The van der Waals surface area contributed by atoms with E-state index in [0.29, 0.717) is 37.8 Å². The van der Waals surface area contributed by atoms with E-state index in [-0.39, 0.29) is 32.5 Å². The zero-order valence-corrected chi connectivity index (χ0v) is 33.5. The standard InChI is InChI=1S/C42H59N9O7/c1-3-5-18-31(43)37(52)49-33(22-28-14-9-7-10-15-28)39(54)48-32(19-6-4-2)38(53)47-27-46-34(24-30-25-44-26-45-30)41(56)51-21-13-20-36(51)40(55)50-35(42(57)58)23-29-16-11-8-12-17-29/h7-12,14-17,25-26,31-36,46H,3-6,13,18-24,27,43H2,1-2H3,(H,44,45)(H,47,53)(H,48,54)(H,49,52)(H,50,55)(H,57,58)/t31-,32-,33-,34-,35-,36-/m0/s1. The molecule has 6 atom stereocenters. The first-order valence-electron chi connectivity index (χ1n) is 20.3. The van der Waals surface area contributed by atoms with E-state index in [2.05, 4.69) is 36.6 Å². The summed E-state index contributed by atoms with van der Waals surface area (Å²) in [5.41, 5.74) is 8.34. The van der Waals surface area contributed by atoms with Crippen LogP contribution in [-0.4, -0.2) is 105 Å². The van der Waals surface area contributed by atoms with E-state index in [1.54, 1.807) is 30.5 Å². The van der Waals surface area contributed by atoms with Crippen molar-refractivity contribution in [3.8, 4) is 0 Å². The highest BCUT2D eigenvalue weighted by atomic mass is 16.4. The number of nitrogens with two attached hydrogens (primary N) is 1. The van der Waals surface area contributed by atoms with Crippen LogP contribution in [0.15, 0.2) is 73.2 Å². The maximum absolute atomic E-state index is 14.1. The molecule has 0 spiro atoms. The number of nitrogens with zero attached hydrogens (tertiary/aromatic N) is 2. The third-order valence-electron chi connectivity index (χ3n) is 10.2. The molecule has 3 aromatic rings. The predicted molar refractivity (Wildman–Crippen MR) is 218 cm³/mol. The van der Waals surface area contributed by atoms with Crippen molar-refractivity contribution in [1.29, 1.82) is 0 Å². The average Bonchev–Trinajstić information content (AvgIpc) is 3.94. The van der Waals surface area contributed by atoms with E-state index in [4.69, 9.17) is 5.73 Å². The summed E-state index contributed by atoms with van der Waals surface area (Å²) in [6, 6.07) is 12.6. The Kier molecular flexibility index (Phi) is 18.3. The van der Waals surface area contributed by atoms with E-state index in [1.807, 2.05) is 50.2 Å². The van der Waals surface area contributed by atoms with Gasteiger partial charge < -0.3 is 42.0 Å². The van der Waals surface area contributed by atoms with Crippen LogP contribution in [0.4, 0.5) is 0 Å². The Balaban J connectivity index is 1.43. The smallest absolute Gasteiger partial charge is 0.326 e. The Morgan fingerprint density at radius 2 is 1.41 bits per heavy atom. The lowest BCUT2D eigenvalue weighted by Gasteiger charge is -2.30. The molecule has 9 N–H and O–H groups in total. The average molecular weight is 802 g/mol. The number of carboxylic acid groups (broad SMARTS) is 1. The van der Waals surface area contributed by atoms with E-state index >= 15 is 0 Å². The van der Waals surface area contributed by atoms with Gasteiger partial charge in [-0.3, -0.25) is 29.3 Å². The molecule has 2 aromatic carbocycles. The maximum atomic E-state index is 14.1. The number of nitrogens with one attached hydrogen (secondary N) is 6. The van der Waals surface area contributed by atoms with Gasteiger partial charge in [0.1, 0.15) is 24.2 Å². The van der Waals surface area contributed by atoms with Crippen LogP contribution in [0.25, 0.3) is 0 Å². The molecule has 2 heterocycles. The lowest BCUT2D eigenvalue weighted by Crippen LogP contribution is -2.58. The molecule has 1 saturated heterocycles. The van der Waals surface area contributed by atoms with Crippen LogP contribution >= 0.6 is 0 Å². The number of carboxylic acids is 1. The van der Waals surface area contributed by atoms with Gasteiger partial charge in [-0.1, -0.05) is 100 Å². The van der Waals surface area contributed by atoms with Gasteiger partial charge in [-0.2, -0.15) is 0 Å². The van der Waals surface area contributed by atoms with Gasteiger partial charge in [0, 0.05) is 37.7 Å². The monoisotopic (exact) mass is 801 g/mol. The van der Waals surface area contributed by atoms with Crippen LogP contribution in [0, 0.1) is 0 Å². The number of aromatic nitrogens is 2. The second-order valence-electron chi connectivity index (χ2n) is 14.7. The van der Waals surface area contributed by atoms with E-state index < -0.39 is 71.8 Å². The minimum Gasteiger partial charge on any atom is -0.480 e. The minimum atomic E-state index is -1.18. The number of carbonyl (C=O) groups is 6. The molecular weight excluding hydrogens is 743 g/mol. The van der Waals surface area contributed by atoms with Crippen molar-refractivity contribution in [2.45, 2.75) is 121 Å². The van der Waals surface area contributed by atoms with Gasteiger partial charge >= 0.3 is 5.97 Å². The van der Waals surface area contributed by atoms with Gasteiger partial charge in [0.05, 0.1) is 25.1 Å². The number of hydrogen-bond acceptors (Lipinski definition) is 9. The molecule has 58 heavy (non-hydrogen) atoms. The second kappa shape index (κ2) is 23.6. The number of aromatic amines is 1. The fourth-order valence-corrected chi connectivity index (χ4v) is 6.91. The summed E-state index contributed by atoms with van der Waals surface area (Å²) in [5, 5.41) is 24.1. The number of amides is 5. The molecule has 16 nitrogen and oxygen atoms in total. The number of imidazole rings is 1. The number of unbranched alkanes of at least 4 members (excludes halogenated alkanes) is 2. The molecule has 16 heteroatoms. The molecule has 1 fully saturated rings. The van der Waals surface area contributed by atoms with Gasteiger partial charge in [0.25, 0.3) is 0 Å². The lowest BCUT2D eigenvalue weighted by molar-refractivity contribution is -0.144. The zero-order chi connectivity index (χ0) is 41.9. The molecule has 1 aliphatic heterocycles. The lowest BCUT2D eigenvalue weighted by atomic mass is 10.0. The summed E-state index contributed by atoms with van der Waals surface area (Å²) in [7, 11) is 0. The molecule has 0 aliphatic carbocycles. The number of aliphatic carboxylic acids is 1. The second-order valence-corrected chi connectivity index (χ2v) is 14.7. The fourth-order valence-electron chi connectivity index (χ4n) is 6.91. The highest BCUT2D eigenvalue weighted by Crippen LogP contribution is 2.20. The summed E-state index contributed by atoms with van der Waals surface area (Å²) in [6.07, 6.45) is 8.24. The maximum Gasteiger partial charge on any atom is 0.326 e. The molecule has 0 unspecified atom stereocenters. The molecule has 1 aliphatic rings. The van der Waals surface area contributed by atoms with E-state index in [0.717, 1.165) is 30.4 Å². The van der Waals surface area contributed by atoms with Crippen molar-refractivity contribution in [2.24, 2.45) is 5.73 Å². The molecule has 0 bridgehead atoms. The van der Waals surface area contributed by atoms with Crippen molar-refractivity contribution in [3.63, 3.8) is 0 Å². The first-order chi connectivity index (χ1) is 28.0. The Morgan fingerprint density at radius 3 is 2.02 bits per heavy atom. The van der Waals surface area contributed by atoms with Crippen LogP contribution in [0.5, 0.6) is 0 Å². The SMILES string of the molecule is CCCC[C@H](NC(=O)[C@H](Cc1ccccc1)NC(=O)[C@@H](N)CCCC)C(=O)NCN[C@@H](Cc1cnc[nH]1)C(=O)N1CCC[C@H]1C(=O)N[C@@H](Cc1ccccc1)C(=O)O. The van der Waals surface area contributed by atoms with Crippen LogP contribution in [-0.2, 0) is 48.0 Å². The van der Waals surface area contributed by atoms with Crippen molar-refractivity contribution in [1.82, 2.24) is 41.5 Å². The largest absolute Gasteiger partial charge is 0.480 e. The number of carbonyl (C=O) groups excluding carboxylic acids is 5. The van der Waals surface area contributed by atoms with Gasteiger partial charge in [0.2, 0.25) is 29.5 Å². The zero-order valence-electron chi connectivity index (χ0n) is 33.5. The molecule has 4 rings (SSSR count). The highest BCUT2D eigenvalue weighted by molar-refractivity contribution is 5.94. The van der Waals surface area contributed by atoms with E-state index in [1.165, 1.54) is 11.2 Å². The summed E-state index contributed by atoms with van der Waals surface area (Å²) in [5.74, 6) is -3.58. The number of rotatable bonds is 24. The van der Waals surface area contributed by atoms with Crippen molar-refractivity contribution < 1.29 is 33.9 Å². The van der Waals surface area contributed by atoms with Crippen LogP contribution in [0.3, 0.4) is 0 Å². The summed E-state index contributed by atoms with van der Waals surface area (Å²) in [4.78, 5) is 88.8. The molecule has 1 aromatic heterocycles. The van der Waals surface area contributed by atoms with Crippen LogP contribution in [0.2, 0.25) is 0 Å². The Hall–Kier alpha value is -5.61. The number of likely N-dealkylation sites (tertiary alicyclic amines) is 1. The first-order valence-corrected chi connectivity index (χ1v) is 20.3. The minimum absolute atomic E-state index is 0.0848. The highest BCUT2D eigenvalue weighted by Gasteiger charge is 2.39. The third-order valence-corrected chi connectivity index (χ3v) is 10.2. The molecule has 314 valence electrons. The Morgan fingerprint density at radius 1 is 0.793 bits per heavy atom. The third kappa shape index (κ3) is 14.1. The van der Waals surface area contributed by atoms with Crippen molar-refractivity contribution in [3.05, 3.63) is 90.0 Å². The molecule has 0 radical (unpaired) electrons. The Labute approximate surface area is 339 Å². The molecule has 5 amide bonds.